The van der Waals surface area contributed by atoms with Crippen molar-refractivity contribution in [3.63, 3.8) is 0 Å². The van der Waals surface area contributed by atoms with Gasteiger partial charge in [0.15, 0.2) is 0 Å². The van der Waals surface area contributed by atoms with Crippen LogP contribution in [0.25, 0.3) is 0 Å². The van der Waals surface area contributed by atoms with Crippen molar-refractivity contribution in [3.05, 3.63) is 42.0 Å². The molecule has 1 aromatic carbocycles. The maximum atomic E-state index is 5.46. The Balaban J connectivity index is 1.74. The lowest BCUT2D eigenvalue weighted by Gasteiger charge is -2.13. The van der Waals surface area contributed by atoms with E-state index < -0.39 is 0 Å². The lowest BCUT2D eigenvalue weighted by atomic mass is 10.2. The number of rotatable bonds is 7. The molecule has 5 heteroatoms. The number of nitrogens with zero attached hydrogens (tertiary/aromatic N) is 2. The maximum absolute atomic E-state index is 5.46. The number of imidazole rings is 1. The van der Waals surface area contributed by atoms with Crippen molar-refractivity contribution >= 4 is 0 Å². The summed E-state index contributed by atoms with van der Waals surface area (Å²) in [6, 6.07) is 6.60. The van der Waals surface area contributed by atoms with E-state index in [0.29, 0.717) is 6.04 Å². The average molecular weight is 287 g/mol. The molecule has 0 spiro atoms. The van der Waals surface area contributed by atoms with Gasteiger partial charge in [-0.2, -0.15) is 0 Å². The molecule has 0 amide bonds. The van der Waals surface area contributed by atoms with E-state index in [-0.39, 0.29) is 0 Å². The second-order valence-corrected chi connectivity index (χ2v) is 5.35. The zero-order valence-corrected chi connectivity index (χ0v) is 12.5. The fraction of sp³-hybridized carbons (Fsp3) is 0.438. The minimum absolute atomic E-state index is 0.698. The van der Waals surface area contributed by atoms with Crippen molar-refractivity contribution in [1.82, 2.24) is 14.9 Å². The van der Waals surface area contributed by atoms with Crippen LogP contribution in [-0.4, -0.2) is 29.8 Å². The SMILES string of the molecule is COc1ccc(Cn2cncc2CNC2CC2)c(OC)c1. The Bertz CT molecular complexity index is 605. The Morgan fingerprint density at radius 3 is 2.86 bits per heavy atom. The van der Waals surface area contributed by atoms with E-state index in [1.54, 1.807) is 14.2 Å². The van der Waals surface area contributed by atoms with Gasteiger partial charge in [-0.1, -0.05) is 0 Å². The van der Waals surface area contributed by atoms with Crippen LogP contribution in [-0.2, 0) is 13.1 Å². The average Bonchev–Trinajstić information content (AvgIpc) is 3.25. The lowest BCUT2D eigenvalue weighted by molar-refractivity contribution is 0.390. The second-order valence-electron chi connectivity index (χ2n) is 5.35. The highest BCUT2D eigenvalue weighted by atomic mass is 16.5. The van der Waals surface area contributed by atoms with E-state index in [1.165, 1.54) is 18.5 Å². The maximum Gasteiger partial charge on any atom is 0.127 e. The summed E-state index contributed by atoms with van der Waals surface area (Å²) < 4.78 is 12.8. The highest BCUT2D eigenvalue weighted by Gasteiger charge is 2.20. The lowest BCUT2D eigenvalue weighted by Crippen LogP contribution is -2.18. The summed E-state index contributed by atoms with van der Waals surface area (Å²) in [4.78, 5) is 4.26. The molecule has 0 atom stereocenters. The Hall–Kier alpha value is -2.01. The minimum Gasteiger partial charge on any atom is -0.497 e. The number of aromatic nitrogens is 2. The van der Waals surface area contributed by atoms with Gasteiger partial charge in [-0.05, 0) is 25.0 Å². The molecule has 1 aliphatic carbocycles. The van der Waals surface area contributed by atoms with Gasteiger partial charge in [-0.15, -0.1) is 0 Å². The molecule has 1 aromatic heterocycles. The van der Waals surface area contributed by atoms with Gasteiger partial charge in [0.05, 0.1) is 32.8 Å². The van der Waals surface area contributed by atoms with Crippen molar-refractivity contribution < 1.29 is 9.47 Å². The Labute approximate surface area is 124 Å². The topological polar surface area (TPSA) is 48.3 Å². The molecule has 2 aromatic rings. The highest BCUT2D eigenvalue weighted by Crippen LogP contribution is 2.25. The predicted octanol–water partition coefficient (Wildman–Crippen LogP) is 2.20. The molecule has 1 saturated carbocycles. The van der Waals surface area contributed by atoms with Crippen LogP contribution in [0.2, 0.25) is 0 Å². The third-order valence-electron chi connectivity index (χ3n) is 3.78. The van der Waals surface area contributed by atoms with Gasteiger partial charge in [0.25, 0.3) is 0 Å². The van der Waals surface area contributed by atoms with Crippen molar-refractivity contribution in [3.8, 4) is 11.5 Å². The van der Waals surface area contributed by atoms with Crippen LogP contribution in [0.1, 0.15) is 24.1 Å². The molecule has 1 fully saturated rings. The monoisotopic (exact) mass is 287 g/mol. The molecular weight excluding hydrogens is 266 g/mol. The number of methoxy groups -OCH3 is 2. The summed E-state index contributed by atoms with van der Waals surface area (Å²) >= 11 is 0. The largest absolute Gasteiger partial charge is 0.497 e. The van der Waals surface area contributed by atoms with Crippen molar-refractivity contribution in [2.45, 2.75) is 32.0 Å². The molecule has 0 saturated heterocycles. The van der Waals surface area contributed by atoms with Crippen molar-refractivity contribution in [1.29, 1.82) is 0 Å². The molecule has 0 aliphatic heterocycles. The molecule has 112 valence electrons. The predicted molar refractivity (Wildman–Crippen MR) is 80.7 cm³/mol. The quantitative estimate of drug-likeness (QED) is 0.848. The number of benzene rings is 1. The summed E-state index contributed by atoms with van der Waals surface area (Å²) in [7, 11) is 3.34. The fourth-order valence-corrected chi connectivity index (χ4v) is 2.34. The van der Waals surface area contributed by atoms with Gasteiger partial charge in [0.2, 0.25) is 0 Å². The first kappa shape index (κ1) is 13.9. The number of hydrogen-bond donors (Lipinski definition) is 1. The van der Waals surface area contributed by atoms with Gasteiger partial charge < -0.3 is 19.4 Å². The van der Waals surface area contributed by atoms with E-state index in [1.807, 2.05) is 30.7 Å². The standard InChI is InChI=1S/C16H21N3O2/c1-20-15-6-3-12(16(7-15)21-2)10-19-11-17-8-14(19)9-18-13-4-5-13/h3,6-8,11,13,18H,4-5,9-10H2,1-2H3. The molecular formula is C16H21N3O2. The molecule has 0 unspecified atom stereocenters. The summed E-state index contributed by atoms with van der Waals surface area (Å²) in [5.41, 5.74) is 2.31. The molecule has 5 nitrogen and oxygen atoms in total. The first-order chi connectivity index (χ1) is 10.3. The van der Waals surface area contributed by atoms with Crippen LogP contribution >= 0.6 is 0 Å². The third-order valence-corrected chi connectivity index (χ3v) is 3.78. The van der Waals surface area contributed by atoms with E-state index in [2.05, 4.69) is 14.9 Å². The second kappa shape index (κ2) is 6.18. The van der Waals surface area contributed by atoms with Gasteiger partial charge in [0, 0.05) is 30.4 Å². The van der Waals surface area contributed by atoms with Crippen molar-refractivity contribution in [2.24, 2.45) is 0 Å². The molecule has 3 rings (SSSR count). The Kier molecular flexibility index (Phi) is 4.10. The van der Waals surface area contributed by atoms with E-state index in [9.17, 15) is 0 Å². The first-order valence-electron chi connectivity index (χ1n) is 7.23. The Morgan fingerprint density at radius 2 is 2.14 bits per heavy atom. The zero-order chi connectivity index (χ0) is 14.7. The molecule has 21 heavy (non-hydrogen) atoms. The van der Waals surface area contributed by atoms with Crippen LogP contribution < -0.4 is 14.8 Å². The summed E-state index contributed by atoms with van der Waals surface area (Å²) in [5, 5.41) is 3.52. The van der Waals surface area contributed by atoms with Crippen LogP contribution in [0.3, 0.4) is 0 Å². The summed E-state index contributed by atoms with van der Waals surface area (Å²) in [6.45, 7) is 1.61. The zero-order valence-electron chi connectivity index (χ0n) is 12.5. The Morgan fingerprint density at radius 1 is 1.29 bits per heavy atom. The van der Waals surface area contributed by atoms with Gasteiger partial charge in [0.1, 0.15) is 11.5 Å². The van der Waals surface area contributed by atoms with Crippen LogP contribution in [0.5, 0.6) is 11.5 Å². The van der Waals surface area contributed by atoms with Crippen LogP contribution in [0.4, 0.5) is 0 Å². The van der Waals surface area contributed by atoms with E-state index >= 15 is 0 Å². The number of ether oxygens (including phenoxy) is 2. The smallest absolute Gasteiger partial charge is 0.127 e. The van der Waals surface area contributed by atoms with Gasteiger partial charge >= 0.3 is 0 Å². The molecule has 1 aliphatic rings. The molecule has 1 heterocycles. The van der Waals surface area contributed by atoms with Crippen LogP contribution in [0.15, 0.2) is 30.7 Å². The van der Waals surface area contributed by atoms with Gasteiger partial charge in [-0.3, -0.25) is 0 Å². The number of nitrogens with one attached hydrogen (secondary N) is 1. The van der Waals surface area contributed by atoms with Crippen molar-refractivity contribution in [2.75, 3.05) is 14.2 Å². The molecule has 1 N–H and O–H groups in total. The number of hydrogen-bond acceptors (Lipinski definition) is 4. The van der Waals surface area contributed by atoms with Crippen LogP contribution in [0, 0.1) is 0 Å². The van der Waals surface area contributed by atoms with E-state index in [4.69, 9.17) is 9.47 Å². The normalized spacial score (nSPS) is 14.2. The molecule has 0 radical (unpaired) electrons. The first-order valence-corrected chi connectivity index (χ1v) is 7.23. The minimum atomic E-state index is 0.698. The third kappa shape index (κ3) is 3.36. The fourth-order valence-electron chi connectivity index (χ4n) is 2.34. The van der Waals surface area contributed by atoms with Gasteiger partial charge in [-0.25, -0.2) is 4.98 Å². The summed E-state index contributed by atoms with van der Waals surface area (Å²) in [6.07, 6.45) is 6.37. The molecule has 0 bridgehead atoms. The van der Waals surface area contributed by atoms with E-state index in [0.717, 1.165) is 30.2 Å². The summed E-state index contributed by atoms with van der Waals surface area (Å²) in [5.74, 6) is 1.64. The highest BCUT2D eigenvalue weighted by molar-refractivity contribution is 5.41.